The van der Waals surface area contributed by atoms with Crippen LogP contribution in [0.15, 0.2) is 0 Å². The molecule has 5 unspecified atom stereocenters. The van der Waals surface area contributed by atoms with Gasteiger partial charge in [-0.15, -0.1) is 0 Å². The number of carbonyl (C=O) groups excluding carboxylic acids is 2. The minimum atomic E-state index is -0.0341. The highest BCUT2D eigenvalue weighted by Gasteiger charge is 2.28. The predicted octanol–water partition coefficient (Wildman–Crippen LogP) is 8.32. The molecule has 0 bridgehead atoms. The molecule has 0 spiro atoms. The van der Waals surface area contributed by atoms with Crippen LogP contribution in [0.25, 0.3) is 0 Å². The van der Waals surface area contributed by atoms with Gasteiger partial charge in [0.2, 0.25) is 5.91 Å². The van der Waals surface area contributed by atoms with E-state index >= 15 is 0 Å². The zero-order valence-electron chi connectivity index (χ0n) is 23.8. The zero-order valence-corrected chi connectivity index (χ0v) is 23.8. The molecule has 5 atom stereocenters. The Morgan fingerprint density at radius 1 is 0.722 bits per heavy atom. The third-order valence-electron chi connectivity index (χ3n) is 9.90. The van der Waals surface area contributed by atoms with Crippen LogP contribution in [-0.2, 0) is 14.3 Å². The van der Waals surface area contributed by atoms with Crippen LogP contribution in [0.1, 0.15) is 142 Å². The molecule has 0 N–H and O–H groups in total. The van der Waals surface area contributed by atoms with E-state index in [4.69, 9.17) is 4.74 Å². The van der Waals surface area contributed by atoms with Crippen molar-refractivity contribution in [3.8, 4) is 0 Å². The molecule has 0 aromatic carbocycles. The van der Waals surface area contributed by atoms with Gasteiger partial charge in [-0.05, 0) is 62.2 Å². The second kappa shape index (κ2) is 16.7. The van der Waals surface area contributed by atoms with Crippen LogP contribution in [0.2, 0.25) is 0 Å². The topological polar surface area (TPSA) is 46.6 Å². The highest BCUT2D eigenvalue weighted by atomic mass is 16.5. The summed E-state index contributed by atoms with van der Waals surface area (Å²) in [6, 6.07) is 0. The van der Waals surface area contributed by atoms with Crippen molar-refractivity contribution in [2.24, 2.45) is 29.6 Å². The Morgan fingerprint density at radius 3 is 2.06 bits per heavy atom. The van der Waals surface area contributed by atoms with Crippen LogP contribution in [0.5, 0.6) is 0 Å². The van der Waals surface area contributed by atoms with E-state index in [0.717, 1.165) is 69.4 Å². The third kappa shape index (κ3) is 10.4. The van der Waals surface area contributed by atoms with Gasteiger partial charge in [0.05, 0.1) is 13.0 Å². The number of esters is 1. The van der Waals surface area contributed by atoms with Gasteiger partial charge >= 0.3 is 5.97 Å². The summed E-state index contributed by atoms with van der Waals surface area (Å²) in [7, 11) is 1.52. The van der Waals surface area contributed by atoms with Crippen LogP contribution in [0, 0.1) is 29.6 Å². The molecule has 3 rings (SSSR count). The molecule has 0 aromatic rings. The number of amides is 1. The van der Waals surface area contributed by atoms with Gasteiger partial charge in [0.1, 0.15) is 0 Å². The largest absolute Gasteiger partial charge is 0.469 e. The van der Waals surface area contributed by atoms with Gasteiger partial charge in [-0.2, -0.15) is 0 Å². The third-order valence-corrected chi connectivity index (χ3v) is 9.90. The lowest BCUT2D eigenvalue weighted by Crippen LogP contribution is -2.37. The summed E-state index contributed by atoms with van der Waals surface area (Å²) < 4.78 is 5.08. The van der Waals surface area contributed by atoms with Crippen molar-refractivity contribution >= 4 is 11.9 Å². The average Bonchev–Trinajstić information content (AvgIpc) is 3.02. The Balaban J connectivity index is 1.59. The molecule has 3 fully saturated rings. The molecule has 1 amide bonds. The predicted molar refractivity (Wildman–Crippen MR) is 149 cm³/mol. The highest BCUT2D eigenvalue weighted by Crippen LogP contribution is 2.35. The number of nitrogens with zero attached hydrogens (tertiary/aromatic N) is 1. The Labute approximate surface area is 222 Å². The maximum Gasteiger partial charge on any atom is 0.308 e. The first-order valence-corrected chi connectivity index (χ1v) is 15.9. The quantitative estimate of drug-likeness (QED) is 0.362. The van der Waals surface area contributed by atoms with E-state index in [9.17, 15) is 9.59 Å². The van der Waals surface area contributed by atoms with Gasteiger partial charge < -0.3 is 9.64 Å². The lowest BCUT2D eigenvalue weighted by atomic mass is 9.79. The number of methoxy groups -OCH3 is 1. The molecule has 36 heavy (non-hydrogen) atoms. The first kappa shape index (κ1) is 29.5. The van der Waals surface area contributed by atoms with E-state index in [0.29, 0.717) is 11.8 Å². The van der Waals surface area contributed by atoms with Crippen molar-refractivity contribution < 1.29 is 14.3 Å². The van der Waals surface area contributed by atoms with E-state index in [2.05, 4.69) is 11.8 Å². The van der Waals surface area contributed by atoms with E-state index < -0.39 is 0 Å². The molecule has 4 heteroatoms. The summed E-state index contributed by atoms with van der Waals surface area (Å²) in [5.41, 5.74) is 0. The summed E-state index contributed by atoms with van der Waals surface area (Å²) in [4.78, 5) is 27.7. The fourth-order valence-corrected chi connectivity index (χ4v) is 7.45. The minimum Gasteiger partial charge on any atom is -0.469 e. The van der Waals surface area contributed by atoms with Crippen LogP contribution in [0.4, 0.5) is 0 Å². The minimum absolute atomic E-state index is 0.0341. The molecule has 4 nitrogen and oxygen atoms in total. The van der Waals surface area contributed by atoms with Crippen LogP contribution < -0.4 is 0 Å². The van der Waals surface area contributed by atoms with Gasteiger partial charge in [0, 0.05) is 19.5 Å². The normalized spacial score (nSPS) is 33.0. The van der Waals surface area contributed by atoms with Gasteiger partial charge in [-0.25, -0.2) is 0 Å². The maximum absolute atomic E-state index is 13.2. The van der Waals surface area contributed by atoms with Gasteiger partial charge in [-0.3, -0.25) is 9.59 Å². The molecule has 0 aromatic heterocycles. The Bertz CT molecular complexity index is 635. The van der Waals surface area contributed by atoms with Crippen molar-refractivity contribution in [3.63, 3.8) is 0 Å². The number of ether oxygens (including phenoxy) is 1. The summed E-state index contributed by atoms with van der Waals surface area (Å²) in [6.45, 7) is 4.31. The molecule has 208 valence electrons. The smallest absolute Gasteiger partial charge is 0.308 e. The van der Waals surface area contributed by atoms with E-state index in [-0.39, 0.29) is 11.9 Å². The van der Waals surface area contributed by atoms with Crippen LogP contribution in [0.3, 0.4) is 0 Å². The Hall–Kier alpha value is -1.06. The van der Waals surface area contributed by atoms with Crippen molar-refractivity contribution in [3.05, 3.63) is 0 Å². The van der Waals surface area contributed by atoms with Gasteiger partial charge in [-0.1, -0.05) is 96.8 Å². The average molecular weight is 504 g/mol. The molecular formula is C32H57NO3. The van der Waals surface area contributed by atoms with Crippen LogP contribution in [-0.4, -0.2) is 37.0 Å². The number of hydrogen-bond acceptors (Lipinski definition) is 3. The maximum atomic E-state index is 13.2. The highest BCUT2D eigenvalue weighted by molar-refractivity contribution is 5.76. The van der Waals surface area contributed by atoms with E-state index in [1.54, 1.807) is 0 Å². The first-order valence-electron chi connectivity index (χ1n) is 15.9. The summed E-state index contributed by atoms with van der Waals surface area (Å²) in [5, 5.41) is 0. The fraction of sp³-hybridized carbons (Fsp3) is 0.938. The lowest BCUT2D eigenvalue weighted by molar-refractivity contribution is -0.146. The molecule has 0 radical (unpaired) electrons. The fourth-order valence-electron chi connectivity index (χ4n) is 7.45. The molecule has 1 aliphatic heterocycles. The molecule has 3 aliphatic rings. The van der Waals surface area contributed by atoms with Gasteiger partial charge in [0.15, 0.2) is 0 Å². The molecule has 1 saturated heterocycles. The number of carbonyl (C=O) groups is 2. The first-order chi connectivity index (χ1) is 17.6. The lowest BCUT2D eigenvalue weighted by Gasteiger charge is -2.31. The summed E-state index contributed by atoms with van der Waals surface area (Å²) in [5.74, 6) is 3.49. The Morgan fingerprint density at radius 2 is 1.31 bits per heavy atom. The van der Waals surface area contributed by atoms with Crippen molar-refractivity contribution in [2.45, 2.75) is 142 Å². The zero-order chi connectivity index (χ0) is 25.6. The monoisotopic (exact) mass is 503 g/mol. The van der Waals surface area contributed by atoms with Crippen LogP contribution >= 0.6 is 0 Å². The molecular weight excluding hydrogens is 446 g/mol. The van der Waals surface area contributed by atoms with Crippen molar-refractivity contribution in [1.29, 1.82) is 0 Å². The SMILES string of the molecule is COC(=O)C1CCCCCC(CN2CCC(C3CCCCCC(C)CCCC3)CCCCC2=O)CC1. The van der Waals surface area contributed by atoms with E-state index in [1.165, 1.54) is 103 Å². The van der Waals surface area contributed by atoms with Crippen molar-refractivity contribution in [1.82, 2.24) is 4.90 Å². The Kier molecular flexibility index (Phi) is 13.7. The number of rotatable bonds is 4. The second-order valence-electron chi connectivity index (χ2n) is 12.7. The summed E-state index contributed by atoms with van der Waals surface area (Å²) in [6.07, 6.45) is 25.9. The van der Waals surface area contributed by atoms with Gasteiger partial charge in [0.25, 0.3) is 0 Å². The van der Waals surface area contributed by atoms with E-state index in [1.807, 2.05) is 0 Å². The molecule has 2 saturated carbocycles. The molecule has 1 heterocycles. The van der Waals surface area contributed by atoms with Crippen molar-refractivity contribution in [2.75, 3.05) is 20.2 Å². The molecule has 2 aliphatic carbocycles. The number of hydrogen-bond donors (Lipinski definition) is 0. The summed E-state index contributed by atoms with van der Waals surface area (Å²) >= 11 is 0. The standard InChI is InChI=1S/C32H57NO3/c1-26-13-5-3-7-16-28(17-10-9-14-26)29-18-11-12-20-31(34)33(24-23-29)25-27-15-6-4-8-19-30(22-21-27)32(35)36-2/h26-30H,3-25H2,1-2H3. The second-order valence-corrected chi connectivity index (χ2v) is 12.7.